The SMILES string of the molecule is CSc1ccccc1N1C(=O)CC(N2CCN(Cc3ccccc3)CC2)C1=O. The summed E-state index contributed by atoms with van der Waals surface area (Å²) in [4.78, 5) is 32.7. The Morgan fingerprint density at radius 1 is 0.929 bits per heavy atom. The Morgan fingerprint density at radius 3 is 2.32 bits per heavy atom. The molecule has 2 aliphatic rings. The minimum atomic E-state index is -0.332. The summed E-state index contributed by atoms with van der Waals surface area (Å²) in [6.07, 6.45) is 2.24. The van der Waals surface area contributed by atoms with Crippen molar-refractivity contribution in [2.24, 2.45) is 0 Å². The van der Waals surface area contributed by atoms with Crippen LogP contribution in [0.3, 0.4) is 0 Å². The van der Waals surface area contributed by atoms with Crippen molar-refractivity contribution in [2.45, 2.75) is 23.9 Å². The third-order valence-electron chi connectivity index (χ3n) is 5.55. The molecule has 0 bridgehead atoms. The van der Waals surface area contributed by atoms with Crippen LogP contribution in [0.1, 0.15) is 12.0 Å². The van der Waals surface area contributed by atoms with Crippen LogP contribution in [0.4, 0.5) is 5.69 Å². The molecular weight excluding hydrogens is 370 g/mol. The first kappa shape index (κ1) is 19.2. The molecule has 2 aromatic carbocycles. The largest absolute Gasteiger partial charge is 0.297 e. The number of anilines is 1. The highest BCUT2D eigenvalue weighted by atomic mass is 32.2. The molecule has 0 saturated carbocycles. The average Bonchev–Trinajstić information content (AvgIpc) is 3.03. The Labute approximate surface area is 170 Å². The monoisotopic (exact) mass is 395 g/mol. The molecule has 0 spiro atoms. The van der Waals surface area contributed by atoms with Crippen molar-refractivity contribution in [1.82, 2.24) is 9.80 Å². The normalized spacial score (nSPS) is 21.5. The molecule has 2 heterocycles. The Bertz CT molecular complexity index is 850. The van der Waals surface area contributed by atoms with Gasteiger partial charge in [-0.15, -0.1) is 11.8 Å². The van der Waals surface area contributed by atoms with Crippen molar-refractivity contribution in [1.29, 1.82) is 0 Å². The van der Waals surface area contributed by atoms with Crippen LogP contribution in [0.15, 0.2) is 59.5 Å². The number of para-hydroxylation sites is 1. The first-order valence-corrected chi connectivity index (χ1v) is 10.9. The number of hydrogen-bond acceptors (Lipinski definition) is 5. The number of carbonyl (C=O) groups is 2. The zero-order valence-corrected chi connectivity index (χ0v) is 16.9. The van der Waals surface area contributed by atoms with Crippen molar-refractivity contribution in [3.8, 4) is 0 Å². The van der Waals surface area contributed by atoms with Gasteiger partial charge in [-0.05, 0) is 24.0 Å². The second-order valence-electron chi connectivity index (χ2n) is 7.26. The molecule has 6 heteroatoms. The molecule has 2 fully saturated rings. The fourth-order valence-electron chi connectivity index (χ4n) is 4.04. The van der Waals surface area contributed by atoms with Gasteiger partial charge in [0.2, 0.25) is 5.91 Å². The minimum Gasteiger partial charge on any atom is -0.297 e. The van der Waals surface area contributed by atoms with Crippen LogP contribution < -0.4 is 4.90 Å². The maximum absolute atomic E-state index is 13.1. The van der Waals surface area contributed by atoms with Gasteiger partial charge < -0.3 is 0 Å². The van der Waals surface area contributed by atoms with E-state index in [2.05, 4.69) is 34.1 Å². The van der Waals surface area contributed by atoms with Gasteiger partial charge in [-0.3, -0.25) is 19.4 Å². The van der Waals surface area contributed by atoms with Gasteiger partial charge in [0.05, 0.1) is 18.2 Å². The average molecular weight is 396 g/mol. The number of piperazine rings is 1. The minimum absolute atomic E-state index is 0.0805. The molecule has 2 aromatic rings. The van der Waals surface area contributed by atoms with E-state index in [9.17, 15) is 9.59 Å². The van der Waals surface area contributed by atoms with Crippen molar-refractivity contribution in [3.63, 3.8) is 0 Å². The van der Waals surface area contributed by atoms with Crippen molar-refractivity contribution in [2.75, 3.05) is 37.3 Å². The van der Waals surface area contributed by atoms with E-state index in [1.165, 1.54) is 10.5 Å². The van der Waals surface area contributed by atoms with E-state index in [0.29, 0.717) is 0 Å². The highest BCUT2D eigenvalue weighted by Gasteiger charge is 2.43. The van der Waals surface area contributed by atoms with Gasteiger partial charge in [0, 0.05) is 37.6 Å². The predicted octanol–water partition coefficient (Wildman–Crippen LogP) is 2.86. The number of rotatable bonds is 5. The molecule has 28 heavy (non-hydrogen) atoms. The molecule has 2 aliphatic heterocycles. The highest BCUT2D eigenvalue weighted by Crippen LogP contribution is 2.33. The van der Waals surface area contributed by atoms with Crippen LogP contribution in [0.5, 0.6) is 0 Å². The number of imide groups is 1. The summed E-state index contributed by atoms with van der Waals surface area (Å²) in [5.74, 6) is -0.175. The lowest BCUT2D eigenvalue weighted by Crippen LogP contribution is -2.52. The Kier molecular flexibility index (Phi) is 5.80. The molecule has 0 N–H and O–H groups in total. The first-order valence-electron chi connectivity index (χ1n) is 9.67. The number of hydrogen-bond donors (Lipinski definition) is 0. The topological polar surface area (TPSA) is 43.9 Å². The standard InChI is InChI=1S/C22H25N3O2S/c1-28-20-10-6-5-9-18(20)25-21(26)15-19(22(25)27)24-13-11-23(12-14-24)16-17-7-3-2-4-8-17/h2-10,19H,11-16H2,1H3. The van der Waals surface area contributed by atoms with E-state index in [1.54, 1.807) is 11.8 Å². The summed E-state index contributed by atoms with van der Waals surface area (Å²) in [7, 11) is 0. The second-order valence-corrected chi connectivity index (χ2v) is 8.10. The smallest absolute Gasteiger partial charge is 0.251 e. The Morgan fingerprint density at radius 2 is 1.61 bits per heavy atom. The molecule has 146 valence electrons. The van der Waals surface area contributed by atoms with E-state index in [0.717, 1.165) is 43.3 Å². The van der Waals surface area contributed by atoms with E-state index < -0.39 is 0 Å². The molecule has 2 saturated heterocycles. The summed E-state index contributed by atoms with van der Waals surface area (Å²) in [5, 5.41) is 0. The van der Waals surface area contributed by atoms with Gasteiger partial charge in [0.1, 0.15) is 0 Å². The Hall–Kier alpha value is -2.15. The van der Waals surface area contributed by atoms with Gasteiger partial charge in [0.25, 0.3) is 5.91 Å². The van der Waals surface area contributed by atoms with Crippen LogP contribution in [0, 0.1) is 0 Å². The van der Waals surface area contributed by atoms with E-state index in [-0.39, 0.29) is 24.3 Å². The lowest BCUT2D eigenvalue weighted by Gasteiger charge is -2.37. The lowest BCUT2D eigenvalue weighted by molar-refractivity contribution is -0.123. The van der Waals surface area contributed by atoms with Gasteiger partial charge in [-0.25, -0.2) is 4.90 Å². The zero-order valence-electron chi connectivity index (χ0n) is 16.1. The van der Waals surface area contributed by atoms with Gasteiger partial charge in [-0.2, -0.15) is 0 Å². The number of thioether (sulfide) groups is 1. The molecule has 4 rings (SSSR count). The summed E-state index contributed by atoms with van der Waals surface area (Å²) in [6.45, 7) is 4.38. The third kappa shape index (κ3) is 3.85. The van der Waals surface area contributed by atoms with Crippen LogP contribution in [0.2, 0.25) is 0 Å². The zero-order chi connectivity index (χ0) is 19.5. The molecule has 2 amide bonds. The fourth-order valence-corrected chi connectivity index (χ4v) is 4.63. The second kappa shape index (κ2) is 8.47. The maximum atomic E-state index is 13.1. The van der Waals surface area contributed by atoms with Crippen LogP contribution in [0.25, 0.3) is 0 Å². The third-order valence-corrected chi connectivity index (χ3v) is 6.33. The number of benzene rings is 2. The molecule has 5 nitrogen and oxygen atoms in total. The van der Waals surface area contributed by atoms with Crippen molar-refractivity contribution in [3.05, 3.63) is 60.2 Å². The van der Waals surface area contributed by atoms with Crippen molar-refractivity contribution < 1.29 is 9.59 Å². The molecule has 0 aromatic heterocycles. The van der Waals surface area contributed by atoms with Gasteiger partial charge >= 0.3 is 0 Å². The van der Waals surface area contributed by atoms with E-state index >= 15 is 0 Å². The van der Waals surface area contributed by atoms with Crippen molar-refractivity contribution >= 4 is 29.3 Å². The molecule has 0 aliphatic carbocycles. The summed E-state index contributed by atoms with van der Waals surface area (Å²) in [5.41, 5.74) is 2.03. The highest BCUT2D eigenvalue weighted by molar-refractivity contribution is 7.98. The molecule has 0 radical (unpaired) electrons. The quantitative estimate of drug-likeness (QED) is 0.575. The summed E-state index contributed by atoms with van der Waals surface area (Å²) < 4.78 is 0. The maximum Gasteiger partial charge on any atom is 0.251 e. The lowest BCUT2D eigenvalue weighted by atomic mass is 10.1. The van der Waals surface area contributed by atoms with Crippen LogP contribution in [-0.4, -0.2) is 60.1 Å². The first-order chi connectivity index (χ1) is 13.7. The van der Waals surface area contributed by atoms with E-state index in [1.807, 2.05) is 36.6 Å². The summed E-state index contributed by atoms with van der Waals surface area (Å²) in [6, 6.07) is 17.8. The number of amides is 2. The number of carbonyl (C=O) groups excluding carboxylic acids is 2. The molecular formula is C22H25N3O2S. The predicted molar refractivity (Wildman–Crippen MR) is 112 cm³/mol. The fraction of sp³-hybridized carbons (Fsp3) is 0.364. The van der Waals surface area contributed by atoms with Gasteiger partial charge in [0.15, 0.2) is 0 Å². The number of nitrogens with zero attached hydrogens (tertiary/aromatic N) is 3. The van der Waals surface area contributed by atoms with Crippen LogP contribution in [-0.2, 0) is 16.1 Å². The molecule has 1 atom stereocenters. The summed E-state index contributed by atoms with van der Waals surface area (Å²) >= 11 is 1.56. The van der Waals surface area contributed by atoms with Gasteiger partial charge in [-0.1, -0.05) is 42.5 Å². The Balaban J connectivity index is 1.41. The molecule has 1 unspecified atom stereocenters. The van der Waals surface area contributed by atoms with Crippen LogP contribution >= 0.6 is 11.8 Å². The van der Waals surface area contributed by atoms with E-state index in [4.69, 9.17) is 0 Å².